The van der Waals surface area contributed by atoms with E-state index in [1.54, 1.807) is 0 Å². The van der Waals surface area contributed by atoms with E-state index in [1.165, 1.54) is 63.4 Å². The average Bonchev–Trinajstić information content (AvgIpc) is 2.50. The van der Waals surface area contributed by atoms with Gasteiger partial charge in [0, 0.05) is 0 Å². The molecule has 2 aliphatic carbocycles. The molecule has 0 saturated heterocycles. The van der Waals surface area contributed by atoms with Gasteiger partial charge in [0.1, 0.15) is 0 Å². The Morgan fingerprint density at radius 2 is 1.14 bits per heavy atom. The number of rotatable bonds is 0. The van der Waals surface area contributed by atoms with Crippen molar-refractivity contribution in [3.8, 4) is 0 Å². The molecule has 2 aliphatic rings. The van der Waals surface area contributed by atoms with Crippen molar-refractivity contribution in [2.75, 3.05) is 0 Å². The van der Waals surface area contributed by atoms with E-state index in [2.05, 4.69) is 39.8 Å². The van der Waals surface area contributed by atoms with Crippen molar-refractivity contribution < 1.29 is 0 Å². The van der Waals surface area contributed by atoms with Gasteiger partial charge in [0.2, 0.25) is 0 Å². The molecule has 0 nitrogen and oxygen atoms in total. The van der Waals surface area contributed by atoms with E-state index < -0.39 is 0 Å². The van der Waals surface area contributed by atoms with Crippen LogP contribution in [0.25, 0.3) is 0 Å². The summed E-state index contributed by atoms with van der Waals surface area (Å²) in [5.41, 5.74) is 1.32. The Bertz CT molecular complexity index is 340. The summed E-state index contributed by atoms with van der Waals surface area (Å²) in [5.74, 6) is 3.06. The molecule has 1 aromatic carbocycles. The average molecular weight is 303 g/mol. The van der Waals surface area contributed by atoms with E-state index in [0.29, 0.717) is 0 Å². The molecule has 0 heterocycles. The van der Waals surface area contributed by atoms with Crippen LogP contribution in [-0.4, -0.2) is 0 Å². The summed E-state index contributed by atoms with van der Waals surface area (Å²) in [4.78, 5) is 0. The van der Waals surface area contributed by atoms with Gasteiger partial charge in [-0.15, -0.1) is 0 Å². The van der Waals surface area contributed by atoms with Crippen LogP contribution in [0, 0.1) is 24.7 Å². The molecule has 0 spiro atoms. The first-order valence-corrected chi connectivity index (χ1v) is 9.59. The van der Waals surface area contributed by atoms with Gasteiger partial charge in [-0.25, -0.2) is 0 Å². The lowest BCUT2D eigenvalue weighted by Crippen LogP contribution is -2.09. The highest BCUT2D eigenvalue weighted by Crippen LogP contribution is 2.27. The van der Waals surface area contributed by atoms with Crippen molar-refractivity contribution in [2.45, 2.75) is 85.5 Å². The van der Waals surface area contributed by atoms with E-state index >= 15 is 0 Å². The third kappa shape index (κ3) is 10.0. The number of benzene rings is 1. The van der Waals surface area contributed by atoms with Crippen LogP contribution in [0.5, 0.6) is 0 Å². The summed E-state index contributed by atoms with van der Waals surface area (Å²) in [5, 5.41) is 0. The van der Waals surface area contributed by atoms with Gasteiger partial charge in [-0.3, -0.25) is 0 Å². The molecule has 0 amide bonds. The Labute approximate surface area is 139 Å². The summed E-state index contributed by atoms with van der Waals surface area (Å²) in [6.07, 6.45) is 13.3. The van der Waals surface area contributed by atoms with E-state index in [4.69, 9.17) is 0 Å². The van der Waals surface area contributed by atoms with Gasteiger partial charge in [0.05, 0.1) is 0 Å². The van der Waals surface area contributed by atoms with Crippen LogP contribution in [0.1, 0.15) is 84.1 Å². The number of hydrogen-bond acceptors (Lipinski definition) is 0. The molecule has 3 rings (SSSR count). The molecule has 0 aromatic heterocycles. The lowest BCUT2D eigenvalue weighted by atomic mass is 9.84. The zero-order valence-electron chi connectivity index (χ0n) is 15.5. The van der Waals surface area contributed by atoms with Crippen molar-refractivity contribution in [3.63, 3.8) is 0 Å². The Kier molecular flexibility index (Phi) is 10.3. The molecule has 0 heteroatoms. The molecule has 0 radical (unpaired) electrons. The number of hydrogen-bond donors (Lipinski definition) is 0. The fourth-order valence-corrected chi connectivity index (χ4v) is 3.58. The fourth-order valence-electron chi connectivity index (χ4n) is 3.58. The molecule has 2 fully saturated rings. The van der Waals surface area contributed by atoms with E-state index in [0.717, 1.165) is 17.8 Å². The quantitative estimate of drug-likeness (QED) is 0.468. The van der Waals surface area contributed by atoms with Crippen molar-refractivity contribution in [3.05, 3.63) is 35.9 Å². The Balaban J connectivity index is 0.000000166. The van der Waals surface area contributed by atoms with Crippen molar-refractivity contribution in [1.29, 1.82) is 0 Å². The second kappa shape index (κ2) is 11.7. The third-order valence-electron chi connectivity index (χ3n) is 5.03. The van der Waals surface area contributed by atoms with E-state index in [-0.39, 0.29) is 0 Å². The Morgan fingerprint density at radius 1 is 0.636 bits per heavy atom. The van der Waals surface area contributed by atoms with Crippen LogP contribution in [0.15, 0.2) is 30.3 Å². The monoisotopic (exact) mass is 302 g/mol. The Morgan fingerprint density at radius 3 is 1.41 bits per heavy atom. The predicted octanol–water partition coefficient (Wildman–Crippen LogP) is 7.41. The molecule has 126 valence electrons. The highest BCUT2D eigenvalue weighted by atomic mass is 14.2. The van der Waals surface area contributed by atoms with Crippen LogP contribution in [0.3, 0.4) is 0 Å². The predicted molar refractivity (Wildman–Crippen MR) is 100 cm³/mol. The fraction of sp³-hybridized carbons (Fsp3) is 0.727. The molecule has 2 saturated carbocycles. The van der Waals surface area contributed by atoms with E-state index in [1.807, 2.05) is 18.2 Å². The molecule has 0 N–H and O–H groups in total. The van der Waals surface area contributed by atoms with Gasteiger partial charge in [-0.2, -0.15) is 0 Å². The molecule has 0 aliphatic heterocycles. The Hall–Kier alpha value is -0.780. The first-order valence-electron chi connectivity index (χ1n) is 9.59. The van der Waals surface area contributed by atoms with Crippen LogP contribution >= 0.6 is 0 Å². The van der Waals surface area contributed by atoms with Gasteiger partial charge in [-0.1, -0.05) is 108 Å². The van der Waals surface area contributed by atoms with Crippen LogP contribution in [-0.2, 0) is 0 Å². The van der Waals surface area contributed by atoms with Gasteiger partial charge in [0.15, 0.2) is 0 Å². The maximum atomic E-state index is 2.37. The molecular formula is C22H38. The van der Waals surface area contributed by atoms with E-state index in [9.17, 15) is 0 Å². The highest BCUT2D eigenvalue weighted by Gasteiger charge is 2.13. The SMILES string of the molecule is CC1CCCC(C)C1.CC1CCCCC1.Cc1ccccc1. The van der Waals surface area contributed by atoms with Crippen LogP contribution < -0.4 is 0 Å². The largest absolute Gasteiger partial charge is 0.0625 e. The van der Waals surface area contributed by atoms with Crippen molar-refractivity contribution in [2.24, 2.45) is 17.8 Å². The second-order valence-electron chi connectivity index (χ2n) is 7.77. The number of aryl methyl sites for hydroxylation is 1. The summed E-state index contributed by atoms with van der Waals surface area (Å²) >= 11 is 0. The summed E-state index contributed by atoms with van der Waals surface area (Å²) in [6.45, 7) is 9.18. The maximum Gasteiger partial charge on any atom is -0.0398 e. The first-order chi connectivity index (χ1) is 10.6. The highest BCUT2D eigenvalue weighted by molar-refractivity contribution is 5.11. The minimum absolute atomic E-state index is 1.01. The summed E-state index contributed by atoms with van der Waals surface area (Å²) < 4.78 is 0. The zero-order chi connectivity index (χ0) is 16.2. The zero-order valence-corrected chi connectivity index (χ0v) is 15.5. The molecule has 2 atom stereocenters. The van der Waals surface area contributed by atoms with Gasteiger partial charge < -0.3 is 0 Å². The van der Waals surface area contributed by atoms with Gasteiger partial charge in [0.25, 0.3) is 0 Å². The standard InChI is InChI=1S/C8H16.C7H14.C7H8/c1-7-4-3-5-8(2)6-7;2*1-7-5-3-2-4-6-7/h7-8H,3-6H2,1-2H3;7H,2-6H2,1H3;2-6H,1H3. The van der Waals surface area contributed by atoms with Gasteiger partial charge in [-0.05, 0) is 31.1 Å². The minimum Gasteiger partial charge on any atom is -0.0625 e. The molecular weight excluding hydrogens is 264 g/mol. The molecule has 1 aromatic rings. The van der Waals surface area contributed by atoms with Crippen LogP contribution in [0.2, 0.25) is 0 Å². The second-order valence-corrected chi connectivity index (χ2v) is 7.77. The smallest absolute Gasteiger partial charge is 0.0398 e. The van der Waals surface area contributed by atoms with Gasteiger partial charge >= 0.3 is 0 Å². The topological polar surface area (TPSA) is 0 Å². The first kappa shape index (κ1) is 19.3. The molecule has 22 heavy (non-hydrogen) atoms. The van der Waals surface area contributed by atoms with Crippen molar-refractivity contribution >= 4 is 0 Å². The lowest BCUT2D eigenvalue weighted by Gasteiger charge is -2.22. The molecule has 2 unspecified atom stereocenters. The third-order valence-corrected chi connectivity index (χ3v) is 5.03. The van der Waals surface area contributed by atoms with Crippen LogP contribution in [0.4, 0.5) is 0 Å². The maximum absolute atomic E-state index is 2.37. The lowest BCUT2D eigenvalue weighted by molar-refractivity contribution is 0.301. The summed E-state index contributed by atoms with van der Waals surface area (Å²) in [6, 6.07) is 10.3. The molecule has 0 bridgehead atoms. The van der Waals surface area contributed by atoms with Crippen molar-refractivity contribution in [1.82, 2.24) is 0 Å². The summed E-state index contributed by atoms with van der Waals surface area (Å²) in [7, 11) is 0. The normalized spacial score (nSPS) is 25.3. The minimum atomic E-state index is 1.01.